The summed E-state index contributed by atoms with van der Waals surface area (Å²) in [6.45, 7) is 6.08. The first-order valence-corrected chi connectivity index (χ1v) is 11.5. The second-order valence-electron chi connectivity index (χ2n) is 8.83. The fraction of sp³-hybridized carbons (Fsp3) is 0.346. The Morgan fingerprint density at radius 1 is 1.18 bits per heavy atom. The molecule has 0 saturated heterocycles. The summed E-state index contributed by atoms with van der Waals surface area (Å²) in [6.07, 6.45) is 4.02. The minimum absolute atomic E-state index is 0.138. The number of allylic oxidation sites excluding steroid dienone is 1. The first-order valence-electron chi connectivity index (χ1n) is 11.5. The number of methoxy groups -OCH3 is 1. The van der Waals surface area contributed by atoms with Gasteiger partial charge in [-0.1, -0.05) is 24.3 Å². The smallest absolute Gasteiger partial charge is 0.219 e. The van der Waals surface area contributed by atoms with Crippen LogP contribution >= 0.6 is 0 Å². The van der Waals surface area contributed by atoms with Crippen LogP contribution in [0.5, 0.6) is 5.75 Å². The lowest BCUT2D eigenvalue weighted by Gasteiger charge is -2.26. The minimum atomic E-state index is 0.138. The van der Waals surface area contributed by atoms with Crippen LogP contribution in [0, 0.1) is 0 Å². The number of nitrogens with one attached hydrogen (secondary N) is 3. The molecule has 1 amide bonds. The van der Waals surface area contributed by atoms with Gasteiger partial charge in [-0.05, 0) is 54.7 Å². The van der Waals surface area contributed by atoms with Crippen LogP contribution in [0.4, 0.5) is 5.69 Å². The zero-order valence-electron chi connectivity index (χ0n) is 19.4. The molecule has 3 heterocycles. The van der Waals surface area contributed by atoms with Crippen LogP contribution in [0.15, 0.2) is 54.2 Å². The maximum atomic E-state index is 11.7. The first-order chi connectivity index (χ1) is 16.0. The zero-order chi connectivity index (χ0) is 22.9. The third kappa shape index (κ3) is 4.16. The second-order valence-corrected chi connectivity index (χ2v) is 8.83. The van der Waals surface area contributed by atoms with Crippen LogP contribution in [-0.4, -0.2) is 42.6 Å². The number of nitrogens with zero attached hydrogens (tertiary/aromatic N) is 2. The minimum Gasteiger partial charge on any atom is -0.497 e. The van der Waals surface area contributed by atoms with E-state index in [4.69, 9.17) is 4.74 Å². The Bertz CT molecular complexity index is 1140. The molecule has 0 aliphatic carbocycles. The number of ether oxygens (including phenoxy) is 1. The highest BCUT2D eigenvalue weighted by Gasteiger charge is 2.30. The van der Waals surface area contributed by atoms with Gasteiger partial charge in [0.15, 0.2) is 0 Å². The van der Waals surface area contributed by atoms with Crippen molar-refractivity contribution < 1.29 is 9.53 Å². The van der Waals surface area contributed by atoms with E-state index < -0.39 is 0 Å². The predicted molar refractivity (Wildman–Crippen MR) is 131 cm³/mol. The lowest BCUT2D eigenvalue weighted by atomic mass is 9.90. The van der Waals surface area contributed by atoms with Crippen molar-refractivity contribution in [3.8, 4) is 5.75 Å². The Morgan fingerprint density at radius 2 is 2.06 bits per heavy atom. The van der Waals surface area contributed by atoms with Crippen molar-refractivity contribution in [1.82, 2.24) is 20.9 Å². The summed E-state index contributed by atoms with van der Waals surface area (Å²) < 4.78 is 5.43. The van der Waals surface area contributed by atoms with E-state index in [1.54, 1.807) is 14.0 Å². The summed E-state index contributed by atoms with van der Waals surface area (Å²) in [6, 6.07) is 15.1. The lowest BCUT2D eigenvalue weighted by Crippen LogP contribution is -2.37. The van der Waals surface area contributed by atoms with Crippen LogP contribution in [0.3, 0.4) is 0 Å². The number of hydrogen-bond donors (Lipinski definition) is 3. The van der Waals surface area contributed by atoms with Gasteiger partial charge in [-0.3, -0.25) is 9.80 Å². The van der Waals surface area contributed by atoms with Gasteiger partial charge in [-0.25, -0.2) is 0 Å². The molecule has 172 valence electrons. The molecule has 0 spiro atoms. The average Bonchev–Trinajstić information content (AvgIpc) is 3.13. The fourth-order valence-electron chi connectivity index (χ4n) is 4.95. The predicted octanol–water partition coefficient (Wildman–Crippen LogP) is 3.90. The van der Waals surface area contributed by atoms with E-state index in [1.807, 2.05) is 23.1 Å². The third-order valence-corrected chi connectivity index (χ3v) is 6.76. The van der Waals surface area contributed by atoms with Gasteiger partial charge in [0.05, 0.1) is 24.5 Å². The number of benzene rings is 2. The molecule has 7 heteroatoms. The molecule has 1 atom stereocenters. The van der Waals surface area contributed by atoms with E-state index in [0.717, 1.165) is 43.1 Å². The summed E-state index contributed by atoms with van der Waals surface area (Å²) in [4.78, 5) is 13.6. The molecular formula is C26H31N5O2. The van der Waals surface area contributed by atoms with Gasteiger partial charge in [0.1, 0.15) is 5.75 Å². The van der Waals surface area contributed by atoms with Crippen molar-refractivity contribution in [1.29, 1.82) is 0 Å². The molecule has 3 aliphatic rings. The molecule has 0 aromatic heterocycles. The summed E-state index contributed by atoms with van der Waals surface area (Å²) in [7, 11) is 1.69. The van der Waals surface area contributed by atoms with Crippen molar-refractivity contribution >= 4 is 22.9 Å². The van der Waals surface area contributed by atoms with Crippen molar-refractivity contribution in [2.24, 2.45) is 0 Å². The van der Waals surface area contributed by atoms with E-state index >= 15 is 0 Å². The summed E-state index contributed by atoms with van der Waals surface area (Å²) in [5.41, 5.74) is 15.0. The normalized spacial score (nSPS) is 19.8. The third-order valence-electron chi connectivity index (χ3n) is 6.76. The SMILES string of the molecule is COc1cccc(NC2CCN3NNC(C)=C3c3ccc(C4=CCN(C(C)=O)CC4)cc32)c1. The highest BCUT2D eigenvalue weighted by Crippen LogP contribution is 2.39. The molecule has 1 unspecified atom stereocenters. The van der Waals surface area contributed by atoms with Gasteiger partial charge in [0, 0.05) is 43.9 Å². The van der Waals surface area contributed by atoms with Crippen LogP contribution in [0.25, 0.3) is 11.3 Å². The van der Waals surface area contributed by atoms with E-state index in [0.29, 0.717) is 6.54 Å². The zero-order valence-corrected chi connectivity index (χ0v) is 19.4. The number of amides is 1. The summed E-state index contributed by atoms with van der Waals surface area (Å²) >= 11 is 0. The number of carbonyl (C=O) groups is 1. The van der Waals surface area contributed by atoms with Crippen LogP contribution in [0.2, 0.25) is 0 Å². The van der Waals surface area contributed by atoms with Gasteiger partial charge in [0.2, 0.25) is 5.91 Å². The van der Waals surface area contributed by atoms with Gasteiger partial charge in [-0.15, -0.1) is 5.53 Å². The number of hydrazine groups is 2. The topological polar surface area (TPSA) is 68.9 Å². The van der Waals surface area contributed by atoms with Crippen LogP contribution in [-0.2, 0) is 4.79 Å². The van der Waals surface area contributed by atoms with E-state index in [-0.39, 0.29) is 11.9 Å². The maximum absolute atomic E-state index is 11.7. The largest absolute Gasteiger partial charge is 0.497 e. The quantitative estimate of drug-likeness (QED) is 0.663. The Balaban J connectivity index is 1.53. The molecule has 33 heavy (non-hydrogen) atoms. The second kappa shape index (κ2) is 8.83. The number of anilines is 1. The molecule has 5 rings (SSSR count). The molecule has 2 aromatic rings. The molecule has 0 fully saturated rings. The molecule has 3 N–H and O–H groups in total. The van der Waals surface area contributed by atoms with Crippen molar-refractivity contribution in [3.05, 3.63) is 70.9 Å². The first kappa shape index (κ1) is 21.4. The summed E-state index contributed by atoms with van der Waals surface area (Å²) in [5, 5.41) is 5.96. The standard InChI is InChI=1S/C26H31N5O2/c1-17-26-23-8-7-20(19-9-12-30(13-10-19)18(2)32)15-24(23)25(11-14-31(26)29-28-17)27-21-5-4-6-22(16-21)33-3/h4-9,15-16,25,27-29H,10-14H2,1-3H3. The Labute approximate surface area is 195 Å². The molecular weight excluding hydrogens is 414 g/mol. The Kier molecular flexibility index (Phi) is 5.72. The van der Waals surface area contributed by atoms with Gasteiger partial charge < -0.3 is 20.4 Å². The lowest BCUT2D eigenvalue weighted by molar-refractivity contribution is -0.128. The van der Waals surface area contributed by atoms with Gasteiger partial charge in [-0.2, -0.15) is 0 Å². The molecule has 0 bridgehead atoms. The van der Waals surface area contributed by atoms with Crippen molar-refractivity contribution in [2.45, 2.75) is 32.7 Å². The number of rotatable bonds is 4. The number of fused-ring (bicyclic) bond motifs is 3. The molecule has 0 radical (unpaired) electrons. The highest BCUT2D eigenvalue weighted by atomic mass is 16.5. The van der Waals surface area contributed by atoms with E-state index in [2.05, 4.69) is 58.6 Å². The fourth-order valence-corrected chi connectivity index (χ4v) is 4.95. The molecule has 7 nitrogen and oxygen atoms in total. The average molecular weight is 446 g/mol. The molecule has 0 saturated carbocycles. The van der Waals surface area contributed by atoms with Crippen LogP contribution < -0.4 is 21.0 Å². The van der Waals surface area contributed by atoms with E-state index in [1.165, 1.54) is 28.0 Å². The van der Waals surface area contributed by atoms with Crippen LogP contribution in [0.1, 0.15) is 49.4 Å². The Hall–Kier alpha value is -3.45. The maximum Gasteiger partial charge on any atom is 0.219 e. The summed E-state index contributed by atoms with van der Waals surface area (Å²) in [5.74, 6) is 0.980. The highest BCUT2D eigenvalue weighted by molar-refractivity contribution is 5.78. The Morgan fingerprint density at radius 3 is 2.82 bits per heavy atom. The van der Waals surface area contributed by atoms with Crippen molar-refractivity contribution in [3.63, 3.8) is 0 Å². The number of carbonyl (C=O) groups excluding carboxylic acids is 1. The molecule has 3 aliphatic heterocycles. The number of hydrogen-bond acceptors (Lipinski definition) is 6. The van der Waals surface area contributed by atoms with Crippen molar-refractivity contribution in [2.75, 3.05) is 32.1 Å². The molecule has 2 aromatic carbocycles. The van der Waals surface area contributed by atoms with Gasteiger partial charge >= 0.3 is 0 Å². The van der Waals surface area contributed by atoms with E-state index in [9.17, 15) is 4.79 Å². The monoisotopic (exact) mass is 445 g/mol. The van der Waals surface area contributed by atoms with Gasteiger partial charge in [0.25, 0.3) is 0 Å².